The van der Waals surface area contributed by atoms with E-state index in [4.69, 9.17) is 0 Å². The Hall–Kier alpha value is -2.54. The Kier molecular flexibility index (Phi) is 4.44. The Morgan fingerprint density at radius 1 is 1.29 bits per heavy atom. The summed E-state index contributed by atoms with van der Waals surface area (Å²) in [6.07, 6.45) is 0. The molecule has 0 saturated carbocycles. The molecule has 124 valence electrons. The maximum Gasteiger partial charge on any atom is 0.278 e. The van der Waals surface area contributed by atoms with Gasteiger partial charge >= 0.3 is 0 Å². The van der Waals surface area contributed by atoms with Gasteiger partial charge in [0, 0.05) is 17.3 Å². The largest absolute Gasteiger partial charge is 0.296 e. The minimum absolute atomic E-state index is 0.180. The van der Waals surface area contributed by atoms with Crippen LogP contribution in [0.5, 0.6) is 0 Å². The van der Waals surface area contributed by atoms with Gasteiger partial charge in [0.2, 0.25) is 0 Å². The van der Waals surface area contributed by atoms with Gasteiger partial charge < -0.3 is 0 Å². The number of amides is 1. The Bertz CT molecular complexity index is 959. The predicted molar refractivity (Wildman–Crippen MR) is 95.6 cm³/mol. The van der Waals surface area contributed by atoms with Gasteiger partial charge in [-0.2, -0.15) is 5.10 Å². The van der Waals surface area contributed by atoms with E-state index in [9.17, 15) is 9.59 Å². The van der Waals surface area contributed by atoms with Gasteiger partial charge in [-0.15, -0.1) is 11.3 Å². The molecule has 24 heavy (non-hydrogen) atoms. The lowest BCUT2D eigenvalue weighted by Crippen LogP contribution is -2.29. The quantitative estimate of drug-likeness (QED) is 0.790. The molecule has 0 unspecified atom stereocenters. The van der Waals surface area contributed by atoms with E-state index in [-0.39, 0.29) is 23.1 Å². The topological polar surface area (TPSA) is 76.9 Å². The summed E-state index contributed by atoms with van der Waals surface area (Å²) in [4.78, 5) is 29.5. The standard InChI is InChI=1S/C17H18N4O2S/c1-10(2)8-21-16(23)13-7-5-4-6-12(13)14(20-21)15(22)19-17-18-11(3)9-24-17/h4-7,9-10H,8H2,1-3H3,(H,18,19,22). The van der Waals surface area contributed by atoms with E-state index in [0.29, 0.717) is 22.4 Å². The molecule has 0 saturated heterocycles. The number of aryl methyl sites for hydroxylation is 1. The molecule has 0 atom stereocenters. The van der Waals surface area contributed by atoms with Crippen molar-refractivity contribution in [2.24, 2.45) is 5.92 Å². The molecule has 0 aliphatic carbocycles. The van der Waals surface area contributed by atoms with Crippen LogP contribution in [0.3, 0.4) is 0 Å². The zero-order chi connectivity index (χ0) is 17.3. The van der Waals surface area contributed by atoms with Crippen molar-refractivity contribution < 1.29 is 4.79 Å². The molecule has 0 aliphatic rings. The first-order valence-electron chi connectivity index (χ1n) is 7.69. The highest BCUT2D eigenvalue weighted by Gasteiger charge is 2.18. The first-order valence-corrected chi connectivity index (χ1v) is 8.57. The number of rotatable bonds is 4. The van der Waals surface area contributed by atoms with Crippen LogP contribution in [0.15, 0.2) is 34.4 Å². The van der Waals surface area contributed by atoms with Crippen LogP contribution in [0.4, 0.5) is 5.13 Å². The number of carbonyl (C=O) groups is 1. The average Bonchev–Trinajstić information content (AvgIpc) is 2.94. The number of thiazole rings is 1. The zero-order valence-electron chi connectivity index (χ0n) is 13.7. The molecule has 3 aromatic rings. The van der Waals surface area contributed by atoms with Crippen LogP contribution in [-0.4, -0.2) is 20.7 Å². The van der Waals surface area contributed by atoms with Crippen molar-refractivity contribution in [2.75, 3.05) is 5.32 Å². The molecule has 6 nitrogen and oxygen atoms in total. The highest BCUT2D eigenvalue weighted by molar-refractivity contribution is 7.13. The normalized spacial score (nSPS) is 11.2. The number of benzene rings is 1. The Morgan fingerprint density at radius 3 is 2.62 bits per heavy atom. The van der Waals surface area contributed by atoms with Crippen LogP contribution >= 0.6 is 11.3 Å². The monoisotopic (exact) mass is 342 g/mol. The number of carbonyl (C=O) groups excluding carboxylic acids is 1. The number of nitrogens with zero attached hydrogens (tertiary/aromatic N) is 3. The molecular weight excluding hydrogens is 324 g/mol. The molecule has 0 radical (unpaired) electrons. The van der Waals surface area contributed by atoms with Gasteiger partial charge in [0.1, 0.15) is 0 Å². The number of nitrogens with one attached hydrogen (secondary N) is 1. The summed E-state index contributed by atoms with van der Waals surface area (Å²) in [6.45, 7) is 6.33. The maximum atomic E-state index is 12.7. The second kappa shape index (κ2) is 6.52. The Morgan fingerprint density at radius 2 is 2.00 bits per heavy atom. The van der Waals surface area contributed by atoms with Gasteiger partial charge in [-0.3, -0.25) is 14.9 Å². The van der Waals surface area contributed by atoms with Crippen molar-refractivity contribution >= 4 is 33.1 Å². The third-order valence-corrected chi connectivity index (χ3v) is 4.34. The lowest BCUT2D eigenvalue weighted by Gasteiger charge is -2.12. The average molecular weight is 342 g/mol. The molecule has 0 aliphatic heterocycles. The second-order valence-corrected chi connectivity index (χ2v) is 6.88. The summed E-state index contributed by atoms with van der Waals surface area (Å²) in [5, 5.41) is 10.5. The number of fused-ring (bicyclic) bond motifs is 1. The third-order valence-electron chi connectivity index (χ3n) is 3.46. The van der Waals surface area contributed by atoms with E-state index in [1.807, 2.05) is 26.2 Å². The van der Waals surface area contributed by atoms with E-state index in [0.717, 1.165) is 5.69 Å². The second-order valence-electron chi connectivity index (χ2n) is 6.02. The summed E-state index contributed by atoms with van der Waals surface area (Å²) in [6, 6.07) is 7.04. The van der Waals surface area contributed by atoms with Crippen molar-refractivity contribution in [2.45, 2.75) is 27.3 Å². The summed E-state index contributed by atoms with van der Waals surface area (Å²) < 4.78 is 1.37. The fraction of sp³-hybridized carbons (Fsp3) is 0.294. The molecule has 2 heterocycles. The smallest absolute Gasteiger partial charge is 0.278 e. The molecule has 0 bridgehead atoms. The highest BCUT2D eigenvalue weighted by atomic mass is 32.1. The van der Waals surface area contributed by atoms with Gasteiger partial charge in [-0.25, -0.2) is 9.67 Å². The SMILES string of the molecule is Cc1csc(NC(=O)c2nn(CC(C)C)c(=O)c3ccccc23)n1. The van der Waals surface area contributed by atoms with Crippen LogP contribution in [0.25, 0.3) is 10.8 Å². The number of anilines is 1. The molecule has 1 aromatic carbocycles. The van der Waals surface area contributed by atoms with Gasteiger partial charge in [0.25, 0.3) is 11.5 Å². The molecule has 1 N–H and O–H groups in total. The first-order chi connectivity index (χ1) is 11.5. The Balaban J connectivity index is 2.10. The summed E-state index contributed by atoms with van der Waals surface area (Å²) >= 11 is 1.36. The van der Waals surface area contributed by atoms with E-state index in [2.05, 4.69) is 15.4 Å². The van der Waals surface area contributed by atoms with Crippen molar-refractivity contribution in [3.8, 4) is 0 Å². The van der Waals surface area contributed by atoms with Crippen LogP contribution in [0.2, 0.25) is 0 Å². The number of hydrogen-bond acceptors (Lipinski definition) is 5. The number of hydrogen-bond donors (Lipinski definition) is 1. The molecular formula is C17H18N4O2S. The predicted octanol–water partition coefficient (Wildman–Crippen LogP) is 3.07. The van der Waals surface area contributed by atoms with Crippen LogP contribution in [-0.2, 0) is 6.54 Å². The molecule has 2 aromatic heterocycles. The highest BCUT2D eigenvalue weighted by Crippen LogP contribution is 2.18. The Labute approximate surface area is 143 Å². The lowest BCUT2D eigenvalue weighted by molar-refractivity contribution is 0.102. The summed E-state index contributed by atoms with van der Waals surface area (Å²) in [7, 11) is 0. The fourth-order valence-electron chi connectivity index (χ4n) is 2.44. The van der Waals surface area contributed by atoms with E-state index in [1.165, 1.54) is 16.0 Å². The van der Waals surface area contributed by atoms with Gasteiger partial charge in [-0.05, 0) is 18.9 Å². The minimum atomic E-state index is -0.363. The maximum absolute atomic E-state index is 12.7. The van der Waals surface area contributed by atoms with Crippen molar-refractivity contribution in [1.82, 2.24) is 14.8 Å². The molecule has 1 amide bonds. The van der Waals surface area contributed by atoms with Gasteiger partial charge in [0.05, 0.1) is 11.1 Å². The van der Waals surface area contributed by atoms with Crippen molar-refractivity contribution in [3.63, 3.8) is 0 Å². The molecule has 0 spiro atoms. The van der Waals surface area contributed by atoms with E-state index in [1.54, 1.807) is 24.3 Å². The first kappa shape index (κ1) is 16.3. The summed E-state index contributed by atoms with van der Waals surface area (Å²) in [5.74, 6) is -0.119. The molecule has 7 heteroatoms. The number of aromatic nitrogens is 3. The van der Waals surface area contributed by atoms with E-state index >= 15 is 0 Å². The third kappa shape index (κ3) is 3.21. The van der Waals surface area contributed by atoms with Crippen molar-refractivity contribution in [3.05, 3.63) is 51.4 Å². The van der Waals surface area contributed by atoms with Gasteiger partial charge in [0.15, 0.2) is 10.8 Å². The minimum Gasteiger partial charge on any atom is -0.296 e. The van der Waals surface area contributed by atoms with Crippen LogP contribution in [0.1, 0.15) is 30.0 Å². The van der Waals surface area contributed by atoms with Crippen LogP contribution in [0, 0.1) is 12.8 Å². The van der Waals surface area contributed by atoms with Gasteiger partial charge in [-0.1, -0.05) is 32.0 Å². The molecule has 3 rings (SSSR count). The fourth-order valence-corrected chi connectivity index (χ4v) is 3.12. The van der Waals surface area contributed by atoms with Crippen LogP contribution < -0.4 is 10.9 Å². The lowest BCUT2D eigenvalue weighted by atomic mass is 10.1. The molecule has 0 fully saturated rings. The summed E-state index contributed by atoms with van der Waals surface area (Å²) in [5.41, 5.74) is 0.901. The zero-order valence-corrected chi connectivity index (χ0v) is 14.6. The van der Waals surface area contributed by atoms with Crippen molar-refractivity contribution in [1.29, 1.82) is 0 Å². The van der Waals surface area contributed by atoms with E-state index < -0.39 is 0 Å².